The Balaban J connectivity index is 2.75. The van der Waals surface area contributed by atoms with Crippen LogP contribution >= 0.6 is 0 Å². The van der Waals surface area contributed by atoms with Crippen LogP contribution in [0, 0.1) is 0 Å². The van der Waals surface area contributed by atoms with Crippen LogP contribution in [0.4, 0.5) is 0 Å². The first-order valence-corrected chi connectivity index (χ1v) is 6.75. The molecule has 1 aromatic rings. The lowest BCUT2D eigenvalue weighted by Crippen LogP contribution is -2.32. The predicted molar refractivity (Wildman–Crippen MR) is 74.9 cm³/mol. The zero-order valence-electron chi connectivity index (χ0n) is 11.6. The second-order valence-corrected chi connectivity index (χ2v) is 4.52. The molecule has 1 unspecified atom stereocenters. The largest absolute Gasteiger partial charge is 0.497 e. The third-order valence-corrected chi connectivity index (χ3v) is 3.36. The highest BCUT2D eigenvalue weighted by Gasteiger charge is 2.14. The first kappa shape index (κ1) is 15.0. The Hall–Kier alpha value is -1.06. The average Bonchev–Trinajstić information content (AvgIpc) is 2.43. The monoisotopic (exact) mass is 251 g/mol. The highest BCUT2D eigenvalue weighted by molar-refractivity contribution is 5.29. The van der Waals surface area contributed by atoms with Gasteiger partial charge in [-0.2, -0.15) is 0 Å². The van der Waals surface area contributed by atoms with Gasteiger partial charge in [-0.25, -0.2) is 0 Å². The number of rotatable bonds is 8. The number of methoxy groups -OCH3 is 1. The number of hydrogen-bond donors (Lipinski definition) is 2. The van der Waals surface area contributed by atoms with Crippen LogP contribution in [0.5, 0.6) is 5.75 Å². The van der Waals surface area contributed by atoms with E-state index in [2.05, 4.69) is 31.3 Å². The minimum atomic E-state index is 0.198. The zero-order chi connectivity index (χ0) is 13.4. The molecule has 1 aromatic carbocycles. The zero-order valence-corrected chi connectivity index (χ0v) is 11.6. The molecular weight excluding hydrogens is 226 g/mol. The summed E-state index contributed by atoms with van der Waals surface area (Å²) >= 11 is 0. The topological polar surface area (TPSA) is 41.5 Å². The van der Waals surface area contributed by atoms with Crippen LogP contribution in [0.25, 0.3) is 0 Å². The first-order valence-electron chi connectivity index (χ1n) is 6.75. The van der Waals surface area contributed by atoms with Gasteiger partial charge in [0.1, 0.15) is 5.75 Å². The lowest BCUT2D eigenvalue weighted by Gasteiger charge is -2.24. The standard InChI is InChI=1S/C15H25NO2/c1-4-13(5-2)16-15(10-11-17)12-6-8-14(18-3)9-7-12/h6-9,13,15-17H,4-5,10-11H2,1-3H3. The predicted octanol–water partition coefficient (Wildman–Crippen LogP) is 2.90. The fraction of sp³-hybridized carbons (Fsp3) is 0.600. The second-order valence-electron chi connectivity index (χ2n) is 4.52. The van der Waals surface area contributed by atoms with Crippen molar-refractivity contribution in [2.75, 3.05) is 13.7 Å². The molecule has 3 heteroatoms. The summed E-state index contributed by atoms with van der Waals surface area (Å²) in [6.45, 7) is 4.57. The van der Waals surface area contributed by atoms with Crippen LogP contribution in [0.3, 0.4) is 0 Å². The Morgan fingerprint density at radius 1 is 1.17 bits per heavy atom. The van der Waals surface area contributed by atoms with E-state index in [1.165, 1.54) is 5.56 Å². The maximum Gasteiger partial charge on any atom is 0.118 e. The van der Waals surface area contributed by atoms with E-state index in [0.29, 0.717) is 6.04 Å². The van der Waals surface area contributed by atoms with E-state index < -0.39 is 0 Å². The number of ether oxygens (including phenoxy) is 1. The van der Waals surface area contributed by atoms with Crippen LogP contribution in [-0.2, 0) is 0 Å². The van der Waals surface area contributed by atoms with E-state index in [-0.39, 0.29) is 12.6 Å². The van der Waals surface area contributed by atoms with Crippen molar-refractivity contribution in [3.8, 4) is 5.75 Å². The number of nitrogens with one attached hydrogen (secondary N) is 1. The summed E-state index contributed by atoms with van der Waals surface area (Å²) in [4.78, 5) is 0. The van der Waals surface area contributed by atoms with Crippen LogP contribution in [0.1, 0.15) is 44.7 Å². The molecule has 102 valence electrons. The quantitative estimate of drug-likeness (QED) is 0.746. The lowest BCUT2D eigenvalue weighted by atomic mass is 10.0. The highest BCUT2D eigenvalue weighted by atomic mass is 16.5. The fourth-order valence-electron chi connectivity index (χ4n) is 2.12. The van der Waals surface area contributed by atoms with E-state index in [4.69, 9.17) is 4.74 Å². The normalized spacial score (nSPS) is 12.7. The van der Waals surface area contributed by atoms with E-state index in [9.17, 15) is 5.11 Å². The summed E-state index contributed by atoms with van der Waals surface area (Å²) in [6, 6.07) is 8.78. The van der Waals surface area contributed by atoms with Crippen LogP contribution in [0.15, 0.2) is 24.3 Å². The lowest BCUT2D eigenvalue weighted by molar-refractivity contribution is 0.256. The van der Waals surface area contributed by atoms with Gasteiger partial charge in [-0.1, -0.05) is 26.0 Å². The molecule has 0 bridgehead atoms. The summed E-state index contributed by atoms with van der Waals surface area (Å²) < 4.78 is 5.16. The Bertz CT molecular complexity index is 320. The molecule has 2 N–H and O–H groups in total. The van der Waals surface area contributed by atoms with Crippen molar-refractivity contribution in [2.24, 2.45) is 0 Å². The molecule has 0 aliphatic heterocycles. The Labute approximate surface area is 110 Å². The third kappa shape index (κ3) is 4.31. The van der Waals surface area contributed by atoms with Gasteiger partial charge in [0.05, 0.1) is 7.11 Å². The molecule has 0 heterocycles. The first-order chi connectivity index (χ1) is 8.74. The number of aliphatic hydroxyl groups excluding tert-OH is 1. The van der Waals surface area contributed by atoms with E-state index in [0.717, 1.165) is 25.0 Å². The van der Waals surface area contributed by atoms with Gasteiger partial charge in [0.15, 0.2) is 0 Å². The smallest absolute Gasteiger partial charge is 0.118 e. The van der Waals surface area contributed by atoms with Crippen molar-refractivity contribution in [3.05, 3.63) is 29.8 Å². The van der Waals surface area contributed by atoms with Gasteiger partial charge in [-0.05, 0) is 37.0 Å². The molecule has 0 aliphatic rings. The molecule has 1 rings (SSSR count). The van der Waals surface area contributed by atoms with Crippen molar-refractivity contribution >= 4 is 0 Å². The van der Waals surface area contributed by atoms with Crippen molar-refractivity contribution in [3.63, 3.8) is 0 Å². The minimum Gasteiger partial charge on any atom is -0.497 e. The fourth-order valence-corrected chi connectivity index (χ4v) is 2.12. The Morgan fingerprint density at radius 2 is 1.78 bits per heavy atom. The summed E-state index contributed by atoms with van der Waals surface area (Å²) in [7, 11) is 1.67. The summed E-state index contributed by atoms with van der Waals surface area (Å²) in [5, 5.41) is 12.8. The molecule has 0 aliphatic carbocycles. The maximum absolute atomic E-state index is 9.19. The molecule has 0 amide bonds. The van der Waals surface area contributed by atoms with Crippen LogP contribution < -0.4 is 10.1 Å². The van der Waals surface area contributed by atoms with E-state index >= 15 is 0 Å². The molecule has 0 aromatic heterocycles. The third-order valence-electron chi connectivity index (χ3n) is 3.36. The molecule has 0 fully saturated rings. The molecule has 0 saturated carbocycles. The van der Waals surface area contributed by atoms with Gasteiger partial charge < -0.3 is 15.2 Å². The molecule has 18 heavy (non-hydrogen) atoms. The van der Waals surface area contributed by atoms with Crippen LogP contribution in [-0.4, -0.2) is 24.9 Å². The highest BCUT2D eigenvalue weighted by Crippen LogP contribution is 2.21. The Kier molecular flexibility index (Phi) is 6.76. The van der Waals surface area contributed by atoms with Gasteiger partial charge >= 0.3 is 0 Å². The molecular formula is C15H25NO2. The SMILES string of the molecule is CCC(CC)NC(CCO)c1ccc(OC)cc1. The van der Waals surface area contributed by atoms with E-state index in [1.54, 1.807) is 7.11 Å². The molecule has 0 spiro atoms. The molecule has 3 nitrogen and oxygen atoms in total. The molecule has 1 atom stereocenters. The van der Waals surface area contributed by atoms with Crippen LogP contribution in [0.2, 0.25) is 0 Å². The minimum absolute atomic E-state index is 0.198. The average molecular weight is 251 g/mol. The van der Waals surface area contributed by atoms with Gasteiger partial charge in [0.2, 0.25) is 0 Å². The van der Waals surface area contributed by atoms with Gasteiger partial charge in [-0.15, -0.1) is 0 Å². The molecule has 0 radical (unpaired) electrons. The summed E-state index contributed by atoms with van der Waals surface area (Å²) in [5.41, 5.74) is 1.21. The van der Waals surface area contributed by atoms with Crippen molar-refractivity contribution in [1.82, 2.24) is 5.32 Å². The van der Waals surface area contributed by atoms with Gasteiger partial charge in [-0.3, -0.25) is 0 Å². The van der Waals surface area contributed by atoms with Gasteiger partial charge in [0.25, 0.3) is 0 Å². The number of benzene rings is 1. The Morgan fingerprint density at radius 3 is 2.22 bits per heavy atom. The number of aliphatic hydroxyl groups is 1. The summed E-state index contributed by atoms with van der Waals surface area (Å²) in [5.74, 6) is 0.865. The second kappa shape index (κ2) is 8.11. The maximum atomic E-state index is 9.19. The van der Waals surface area contributed by atoms with Gasteiger partial charge in [0, 0.05) is 18.7 Å². The van der Waals surface area contributed by atoms with Crippen molar-refractivity contribution in [1.29, 1.82) is 0 Å². The van der Waals surface area contributed by atoms with E-state index in [1.807, 2.05) is 12.1 Å². The molecule has 0 saturated heterocycles. The number of hydrogen-bond acceptors (Lipinski definition) is 3. The summed E-state index contributed by atoms with van der Waals surface area (Å²) in [6.07, 6.45) is 2.95. The van der Waals surface area contributed by atoms with Crippen molar-refractivity contribution < 1.29 is 9.84 Å². The van der Waals surface area contributed by atoms with Crippen molar-refractivity contribution in [2.45, 2.75) is 45.2 Å².